The Balaban J connectivity index is 2.20. The molecule has 0 amide bonds. The molecule has 2 nitrogen and oxygen atoms in total. The van der Waals surface area contributed by atoms with Crippen LogP contribution in [0.3, 0.4) is 0 Å². The van der Waals surface area contributed by atoms with Gasteiger partial charge in [0.25, 0.3) is 0 Å². The van der Waals surface area contributed by atoms with E-state index in [0.717, 1.165) is 28.0 Å². The molecule has 1 aliphatic heterocycles. The van der Waals surface area contributed by atoms with Crippen molar-refractivity contribution in [3.05, 3.63) is 64.7 Å². The molecule has 0 fully saturated rings. The average Bonchev–Trinajstić information content (AvgIpc) is 2.50. The number of para-hydroxylation sites is 1. The summed E-state index contributed by atoms with van der Waals surface area (Å²) in [6.45, 7) is 2.52. The van der Waals surface area contributed by atoms with Crippen LogP contribution in [0.25, 0.3) is 0 Å². The zero-order valence-corrected chi connectivity index (χ0v) is 9.68. The van der Waals surface area contributed by atoms with E-state index < -0.39 is 6.10 Å². The predicted octanol–water partition coefficient (Wildman–Crippen LogP) is 2.97. The van der Waals surface area contributed by atoms with E-state index in [0.29, 0.717) is 6.61 Å². The highest BCUT2D eigenvalue weighted by Crippen LogP contribution is 2.37. The van der Waals surface area contributed by atoms with Crippen molar-refractivity contribution < 1.29 is 9.84 Å². The van der Waals surface area contributed by atoms with E-state index >= 15 is 0 Å². The molecule has 1 atom stereocenters. The number of aliphatic hydroxyl groups is 1. The Hall–Kier alpha value is -1.80. The van der Waals surface area contributed by atoms with Gasteiger partial charge in [-0.05, 0) is 23.6 Å². The third-order valence-electron chi connectivity index (χ3n) is 3.26. The zero-order valence-electron chi connectivity index (χ0n) is 9.68. The Morgan fingerprint density at radius 2 is 1.82 bits per heavy atom. The fourth-order valence-corrected chi connectivity index (χ4v) is 2.34. The molecule has 3 rings (SSSR count). The molecule has 2 aromatic rings. The van der Waals surface area contributed by atoms with Crippen molar-refractivity contribution in [1.29, 1.82) is 0 Å². The second kappa shape index (κ2) is 3.90. The molecule has 0 radical (unpaired) electrons. The Bertz CT molecular complexity index is 561. The van der Waals surface area contributed by atoms with Crippen LogP contribution >= 0.6 is 0 Å². The topological polar surface area (TPSA) is 29.5 Å². The molecule has 0 spiro atoms. The van der Waals surface area contributed by atoms with Crippen molar-refractivity contribution in [2.24, 2.45) is 0 Å². The summed E-state index contributed by atoms with van der Waals surface area (Å²) in [5.74, 6) is 0.816. The third-order valence-corrected chi connectivity index (χ3v) is 3.26. The summed E-state index contributed by atoms with van der Waals surface area (Å²) in [6, 6.07) is 13.8. The standard InChI is InChI=1S/C15H14O2/c1-10-5-4-8-13-14(16)12-7-3-2-6-11(12)9-17-15(10)13/h2-8,14,16H,9H2,1H3. The molecule has 0 saturated carbocycles. The van der Waals surface area contributed by atoms with E-state index in [-0.39, 0.29) is 0 Å². The first-order valence-corrected chi connectivity index (χ1v) is 5.75. The van der Waals surface area contributed by atoms with Crippen LogP contribution in [-0.4, -0.2) is 5.11 Å². The minimum Gasteiger partial charge on any atom is -0.488 e. The quantitative estimate of drug-likeness (QED) is 0.748. The lowest BCUT2D eigenvalue weighted by molar-refractivity contribution is 0.218. The molecule has 1 N–H and O–H groups in total. The fourth-order valence-electron chi connectivity index (χ4n) is 2.34. The van der Waals surface area contributed by atoms with Crippen LogP contribution in [0.4, 0.5) is 0 Å². The Kier molecular flexibility index (Phi) is 2.37. The lowest BCUT2D eigenvalue weighted by Crippen LogP contribution is -2.00. The monoisotopic (exact) mass is 226 g/mol. The normalized spacial score (nSPS) is 17.6. The Morgan fingerprint density at radius 1 is 1.06 bits per heavy atom. The van der Waals surface area contributed by atoms with E-state index in [4.69, 9.17) is 4.74 Å². The lowest BCUT2D eigenvalue weighted by atomic mass is 9.96. The molecule has 1 unspecified atom stereocenters. The zero-order chi connectivity index (χ0) is 11.8. The molecule has 1 aliphatic rings. The van der Waals surface area contributed by atoms with Crippen LogP contribution < -0.4 is 4.74 Å². The van der Waals surface area contributed by atoms with Crippen molar-refractivity contribution in [2.45, 2.75) is 19.6 Å². The first-order valence-electron chi connectivity index (χ1n) is 5.75. The van der Waals surface area contributed by atoms with Gasteiger partial charge >= 0.3 is 0 Å². The van der Waals surface area contributed by atoms with E-state index in [2.05, 4.69) is 0 Å². The maximum Gasteiger partial charge on any atom is 0.128 e. The van der Waals surface area contributed by atoms with Gasteiger partial charge in [-0.15, -0.1) is 0 Å². The fraction of sp³-hybridized carbons (Fsp3) is 0.200. The van der Waals surface area contributed by atoms with E-state index in [9.17, 15) is 5.11 Å². The van der Waals surface area contributed by atoms with Gasteiger partial charge < -0.3 is 9.84 Å². The number of hydrogen-bond acceptors (Lipinski definition) is 2. The van der Waals surface area contributed by atoms with Crippen molar-refractivity contribution in [3.8, 4) is 5.75 Å². The maximum absolute atomic E-state index is 10.4. The number of ether oxygens (including phenoxy) is 1. The summed E-state index contributed by atoms with van der Waals surface area (Å²) in [5.41, 5.74) is 3.91. The van der Waals surface area contributed by atoms with Gasteiger partial charge in [-0.2, -0.15) is 0 Å². The Morgan fingerprint density at radius 3 is 2.71 bits per heavy atom. The van der Waals surface area contributed by atoms with Crippen LogP contribution in [0.1, 0.15) is 28.4 Å². The minimum atomic E-state index is -0.594. The number of hydrogen-bond donors (Lipinski definition) is 1. The summed E-state index contributed by atoms with van der Waals surface area (Å²) in [6.07, 6.45) is -0.594. The van der Waals surface area contributed by atoms with Gasteiger partial charge in [-0.1, -0.05) is 42.5 Å². The molecular weight excluding hydrogens is 212 g/mol. The lowest BCUT2D eigenvalue weighted by Gasteiger charge is -2.13. The predicted molar refractivity (Wildman–Crippen MR) is 66.0 cm³/mol. The molecule has 2 heteroatoms. The molecular formula is C15H14O2. The Labute approximate surface area is 100 Å². The summed E-state index contributed by atoms with van der Waals surface area (Å²) >= 11 is 0. The summed E-state index contributed by atoms with van der Waals surface area (Å²) < 4.78 is 5.82. The van der Waals surface area contributed by atoms with Crippen LogP contribution in [0.2, 0.25) is 0 Å². The smallest absolute Gasteiger partial charge is 0.128 e. The van der Waals surface area contributed by atoms with Crippen molar-refractivity contribution in [2.75, 3.05) is 0 Å². The van der Waals surface area contributed by atoms with Gasteiger partial charge in [0.15, 0.2) is 0 Å². The average molecular weight is 226 g/mol. The van der Waals surface area contributed by atoms with Gasteiger partial charge in [0.2, 0.25) is 0 Å². The molecule has 1 heterocycles. The molecule has 2 aromatic carbocycles. The minimum absolute atomic E-state index is 0.519. The number of fused-ring (bicyclic) bond motifs is 2. The largest absolute Gasteiger partial charge is 0.488 e. The van der Waals surface area contributed by atoms with Gasteiger partial charge in [0, 0.05) is 5.56 Å². The first-order chi connectivity index (χ1) is 8.27. The second-order valence-electron chi connectivity index (χ2n) is 4.38. The maximum atomic E-state index is 10.4. The van der Waals surface area contributed by atoms with Crippen molar-refractivity contribution >= 4 is 0 Å². The molecule has 86 valence electrons. The highest BCUT2D eigenvalue weighted by Gasteiger charge is 2.23. The molecule has 0 aliphatic carbocycles. The second-order valence-corrected chi connectivity index (χ2v) is 4.38. The third kappa shape index (κ3) is 1.61. The van der Waals surface area contributed by atoms with Gasteiger partial charge in [0.05, 0.1) is 0 Å². The van der Waals surface area contributed by atoms with E-state index in [1.807, 2.05) is 49.4 Å². The highest BCUT2D eigenvalue weighted by molar-refractivity contribution is 5.48. The first kappa shape index (κ1) is 10.4. The molecule has 0 aromatic heterocycles. The molecule has 0 saturated heterocycles. The van der Waals surface area contributed by atoms with Crippen molar-refractivity contribution in [1.82, 2.24) is 0 Å². The van der Waals surface area contributed by atoms with Crippen LogP contribution in [-0.2, 0) is 6.61 Å². The summed E-state index contributed by atoms with van der Waals surface area (Å²) in [4.78, 5) is 0. The molecule has 17 heavy (non-hydrogen) atoms. The van der Waals surface area contributed by atoms with E-state index in [1.165, 1.54) is 0 Å². The van der Waals surface area contributed by atoms with Crippen LogP contribution in [0.15, 0.2) is 42.5 Å². The van der Waals surface area contributed by atoms with Crippen molar-refractivity contribution in [3.63, 3.8) is 0 Å². The van der Waals surface area contributed by atoms with Gasteiger partial charge in [-0.3, -0.25) is 0 Å². The SMILES string of the molecule is Cc1cccc2c1OCc1ccccc1C2O. The number of aryl methyl sites for hydroxylation is 1. The number of aliphatic hydroxyl groups excluding tert-OH is 1. The van der Waals surface area contributed by atoms with Gasteiger partial charge in [0.1, 0.15) is 18.5 Å². The number of rotatable bonds is 0. The van der Waals surface area contributed by atoms with Crippen LogP contribution in [0.5, 0.6) is 5.75 Å². The van der Waals surface area contributed by atoms with E-state index in [1.54, 1.807) is 0 Å². The summed E-state index contributed by atoms with van der Waals surface area (Å²) in [7, 11) is 0. The van der Waals surface area contributed by atoms with Crippen LogP contribution in [0, 0.1) is 6.92 Å². The molecule has 0 bridgehead atoms. The highest BCUT2D eigenvalue weighted by atomic mass is 16.5. The van der Waals surface area contributed by atoms with Gasteiger partial charge in [-0.25, -0.2) is 0 Å². The number of benzene rings is 2. The summed E-state index contributed by atoms with van der Waals surface area (Å²) in [5, 5.41) is 10.4.